The van der Waals surface area contributed by atoms with Gasteiger partial charge in [-0.1, -0.05) is 30.3 Å². The molecule has 0 radical (unpaired) electrons. The predicted molar refractivity (Wildman–Crippen MR) is 105 cm³/mol. The van der Waals surface area contributed by atoms with Gasteiger partial charge in [0, 0.05) is 30.6 Å². The molecule has 1 aliphatic heterocycles. The molecule has 1 amide bonds. The summed E-state index contributed by atoms with van der Waals surface area (Å²) < 4.78 is 11.1. The van der Waals surface area contributed by atoms with Crippen LogP contribution in [0.2, 0.25) is 0 Å². The molecule has 0 spiro atoms. The summed E-state index contributed by atoms with van der Waals surface area (Å²) in [6.45, 7) is 1.88. The summed E-state index contributed by atoms with van der Waals surface area (Å²) in [5.74, 6) is 0.784. The van der Waals surface area contributed by atoms with Crippen LogP contribution in [0.25, 0.3) is 10.9 Å². The molecule has 1 N–H and O–H groups in total. The van der Waals surface area contributed by atoms with Crippen LogP contribution in [0.4, 0.5) is 0 Å². The van der Waals surface area contributed by atoms with Crippen LogP contribution in [-0.2, 0) is 11.3 Å². The minimum Gasteiger partial charge on any atom is -0.497 e. The molecule has 0 saturated carbocycles. The fourth-order valence-corrected chi connectivity index (χ4v) is 3.60. The summed E-state index contributed by atoms with van der Waals surface area (Å²) in [6, 6.07) is 17.7. The number of nitrogens with one attached hydrogen (secondary N) is 1. The average Bonchev–Trinajstić information content (AvgIpc) is 3.36. The van der Waals surface area contributed by atoms with Crippen molar-refractivity contribution >= 4 is 16.8 Å². The van der Waals surface area contributed by atoms with Gasteiger partial charge in [0.05, 0.1) is 13.2 Å². The number of aromatic amines is 1. The van der Waals surface area contributed by atoms with Crippen LogP contribution < -0.4 is 4.74 Å². The van der Waals surface area contributed by atoms with E-state index in [1.54, 1.807) is 7.11 Å². The number of carbonyl (C=O) groups excluding carboxylic acids is 1. The first-order chi connectivity index (χ1) is 13.2. The topological polar surface area (TPSA) is 54.6 Å². The lowest BCUT2D eigenvalue weighted by atomic mass is 10.1. The van der Waals surface area contributed by atoms with Gasteiger partial charge in [-0.05, 0) is 42.7 Å². The first-order valence-electron chi connectivity index (χ1n) is 9.34. The summed E-state index contributed by atoms with van der Waals surface area (Å²) >= 11 is 0. The molecule has 1 aliphatic rings. The molecule has 2 aromatic carbocycles. The lowest BCUT2D eigenvalue weighted by Crippen LogP contribution is -2.37. The molecule has 2 heterocycles. The second-order valence-corrected chi connectivity index (χ2v) is 6.94. The molecule has 1 unspecified atom stereocenters. The van der Waals surface area contributed by atoms with Crippen LogP contribution in [0.5, 0.6) is 5.75 Å². The van der Waals surface area contributed by atoms with Gasteiger partial charge in [-0.2, -0.15) is 0 Å². The van der Waals surface area contributed by atoms with E-state index in [0.29, 0.717) is 18.8 Å². The zero-order valence-corrected chi connectivity index (χ0v) is 15.5. The monoisotopic (exact) mass is 364 g/mol. The Labute approximate surface area is 158 Å². The van der Waals surface area contributed by atoms with Gasteiger partial charge in [-0.25, -0.2) is 0 Å². The van der Waals surface area contributed by atoms with Gasteiger partial charge < -0.3 is 19.4 Å². The fourth-order valence-electron chi connectivity index (χ4n) is 3.60. The van der Waals surface area contributed by atoms with Crippen LogP contribution in [0.1, 0.15) is 28.9 Å². The molecule has 5 heteroatoms. The van der Waals surface area contributed by atoms with E-state index in [2.05, 4.69) is 4.98 Å². The number of benzene rings is 2. The quantitative estimate of drug-likeness (QED) is 0.719. The summed E-state index contributed by atoms with van der Waals surface area (Å²) in [4.78, 5) is 18.4. The number of hydrogen-bond acceptors (Lipinski definition) is 3. The Balaban J connectivity index is 1.60. The number of methoxy groups -OCH3 is 1. The summed E-state index contributed by atoms with van der Waals surface area (Å²) in [7, 11) is 1.65. The van der Waals surface area contributed by atoms with Gasteiger partial charge in [0.2, 0.25) is 0 Å². The predicted octanol–water partition coefficient (Wildman–Crippen LogP) is 4.00. The van der Waals surface area contributed by atoms with Crippen LogP contribution in [-0.4, -0.2) is 42.2 Å². The van der Waals surface area contributed by atoms with Crippen molar-refractivity contribution in [3.05, 3.63) is 65.9 Å². The van der Waals surface area contributed by atoms with Gasteiger partial charge in [0.1, 0.15) is 11.4 Å². The summed E-state index contributed by atoms with van der Waals surface area (Å²) in [6.07, 6.45) is 2.15. The van der Waals surface area contributed by atoms with Gasteiger partial charge in [0.15, 0.2) is 0 Å². The lowest BCUT2D eigenvalue weighted by Gasteiger charge is -2.25. The highest BCUT2D eigenvalue weighted by molar-refractivity contribution is 5.98. The second-order valence-electron chi connectivity index (χ2n) is 6.94. The van der Waals surface area contributed by atoms with Crippen LogP contribution in [0.15, 0.2) is 54.6 Å². The molecule has 0 aliphatic carbocycles. The van der Waals surface area contributed by atoms with E-state index in [1.165, 1.54) is 0 Å². The largest absolute Gasteiger partial charge is 0.497 e. The third-order valence-corrected chi connectivity index (χ3v) is 5.00. The molecule has 5 nitrogen and oxygen atoms in total. The number of fused-ring (bicyclic) bond motifs is 1. The van der Waals surface area contributed by atoms with E-state index in [-0.39, 0.29) is 12.0 Å². The maximum atomic E-state index is 13.3. The number of amides is 1. The van der Waals surface area contributed by atoms with Gasteiger partial charge in [0.25, 0.3) is 5.91 Å². The Bertz CT molecular complexity index is 895. The van der Waals surface area contributed by atoms with Gasteiger partial charge in [-0.15, -0.1) is 0 Å². The molecule has 0 bridgehead atoms. The van der Waals surface area contributed by atoms with Gasteiger partial charge in [-0.3, -0.25) is 4.79 Å². The molecular formula is C22H24N2O3. The zero-order chi connectivity index (χ0) is 18.6. The molecule has 3 aromatic rings. The maximum Gasteiger partial charge on any atom is 0.270 e. The molecule has 1 saturated heterocycles. The highest BCUT2D eigenvalue weighted by Gasteiger charge is 2.24. The smallest absolute Gasteiger partial charge is 0.270 e. The normalized spacial score (nSPS) is 16.6. The van der Waals surface area contributed by atoms with E-state index in [4.69, 9.17) is 9.47 Å². The molecule has 4 rings (SSSR count). The number of H-pyrrole nitrogens is 1. The minimum absolute atomic E-state index is 0.00970. The third kappa shape index (κ3) is 3.98. The highest BCUT2D eigenvalue weighted by atomic mass is 16.5. The van der Waals surface area contributed by atoms with E-state index in [1.807, 2.05) is 59.5 Å². The first-order valence-corrected chi connectivity index (χ1v) is 9.34. The molecule has 140 valence electrons. The summed E-state index contributed by atoms with van der Waals surface area (Å²) in [5, 5.41) is 1.04. The van der Waals surface area contributed by atoms with Crippen molar-refractivity contribution in [1.29, 1.82) is 0 Å². The number of rotatable bonds is 6. The second kappa shape index (κ2) is 7.84. The van der Waals surface area contributed by atoms with Crippen molar-refractivity contribution in [2.45, 2.75) is 25.5 Å². The maximum absolute atomic E-state index is 13.3. The van der Waals surface area contributed by atoms with Gasteiger partial charge >= 0.3 is 0 Å². The Morgan fingerprint density at radius 1 is 1.22 bits per heavy atom. The Kier molecular flexibility index (Phi) is 5.12. The van der Waals surface area contributed by atoms with Crippen molar-refractivity contribution in [3.63, 3.8) is 0 Å². The number of ether oxygens (including phenoxy) is 2. The molecule has 27 heavy (non-hydrogen) atoms. The van der Waals surface area contributed by atoms with Crippen LogP contribution >= 0.6 is 0 Å². The van der Waals surface area contributed by atoms with Crippen LogP contribution in [0.3, 0.4) is 0 Å². The van der Waals surface area contributed by atoms with Crippen LogP contribution in [0, 0.1) is 0 Å². The van der Waals surface area contributed by atoms with E-state index >= 15 is 0 Å². The molecule has 1 fully saturated rings. The van der Waals surface area contributed by atoms with Crippen molar-refractivity contribution in [3.8, 4) is 5.75 Å². The molecular weight excluding hydrogens is 340 g/mol. The number of nitrogens with zero attached hydrogens (tertiary/aromatic N) is 1. The number of aromatic nitrogens is 1. The van der Waals surface area contributed by atoms with Crippen molar-refractivity contribution in [2.75, 3.05) is 20.3 Å². The van der Waals surface area contributed by atoms with Crippen molar-refractivity contribution < 1.29 is 14.3 Å². The average molecular weight is 364 g/mol. The Morgan fingerprint density at radius 2 is 2.11 bits per heavy atom. The highest BCUT2D eigenvalue weighted by Crippen LogP contribution is 2.21. The fraction of sp³-hybridized carbons (Fsp3) is 0.318. The lowest BCUT2D eigenvalue weighted by molar-refractivity contribution is 0.0503. The number of hydrogen-bond donors (Lipinski definition) is 1. The van der Waals surface area contributed by atoms with Crippen molar-refractivity contribution in [2.24, 2.45) is 0 Å². The summed E-state index contributed by atoms with van der Waals surface area (Å²) in [5.41, 5.74) is 2.62. The van der Waals surface area contributed by atoms with E-state index in [9.17, 15) is 4.79 Å². The Hall–Kier alpha value is -2.79. The third-order valence-electron chi connectivity index (χ3n) is 5.00. The number of carbonyl (C=O) groups is 1. The molecule has 1 aromatic heterocycles. The molecule has 1 atom stereocenters. The first kappa shape index (κ1) is 17.6. The van der Waals surface area contributed by atoms with Crippen molar-refractivity contribution in [1.82, 2.24) is 9.88 Å². The Morgan fingerprint density at radius 3 is 2.89 bits per heavy atom. The standard InChI is InChI=1S/C22H24N2O3/c1-26-18-8-4-6-16(12-18)14-24(15-19-9-5-11-27-19)22(25)21-13-17-7-2-3-10-20(17)23-21/h2-4,6-8,10,12-13,19,23H,5,9,11,14-15H2,1H3. The minimum atomic E-state index is -0.00970. The number of para-hydroxylation sites is 1. The zero-order valence-electron chi connectivity index (χ0n) is 15.5. The SMILES string of the molecule is COc1cccc(CN(CC2CCCO2)C(=O)c2cc3ccccc3[nH]2)c1. The van der Waals surface area contributed by atoms with E-state index in [0.717, 1.165) is 41.7 Å². The van der Waals surface area contributed by atoms with E-state index < -0.39 is 0 Å².